The summed E-state index contributed by atoms with van der Waals surface area (Å²) >= 11 is 0. The molecule has 2 aromatic carbocycles. The summed E-state index contributed by atoms with van der Waals surface area (Å²) in [6.45, 7) is 6.14. The predicted octanol–water partition coefficient (Wildman–Crippen LogP) is 8.97. The third-order valence-electron chi connectivity index (χ3n) is 14.7. The molecule has 2 unspecified atom stereocenters. The van der Waals surface area contributed by atoms with Crippen molar-refractivity contribution in [2.24, 2.45) is 5.92 Å². The van der Waals surface area contributed by atoms with E-state index in [1.54, 1.807) is 56.2 Å². The maximum Gasteiger partial charge on any atom is 0.354 e. The number of aliphatic hydroxyl groups excluding tert-OH is 2. The van der Waals surface area contributed by atoms with Gasteiger partial charge in [-0.1, -0.05) is 19.8 Å². The fourth-order valence-electron chi connectivity index (χ4n) is 10.6. The number of methoxy groups -OCH3 is 3. The molecule has 71 heavy (non-hydrogen) atoms. The monoisotopic (exact) mass is 974 g/mol. The first-order chi connectivity index (χ1) is 34.2. The van der Waals surface area contributed by atoms with Crippen molar-refractivity contribution in [1.29, 1.82) is 0 Å². The molecule has 3 fully saturated rings. The topological polar surface area (TPSA) is 205 Å². The van der Waals surface area contributed by atoms with Gasteiger partial charge in [0, 0.05) is 36.4 Å². The number of aliphatic hydroxyl groups is 2. The van der Waals surface area contributed by atoms with Gasteiger partial charge in [-0.15, -0.1) is 0 Å². The Labute approximate surface area is 413 Å². The lowest BCUT2D eigenvalue weighted by atomic mass is 9.98. The molecule has 0 spiro atoms. The Bertz CT molecular complexity index is 2870. The average molecular weight is 975 g/mol. The van der Waals surface area contributed by atoms with Gasteiger partial charge in [-0.05, 0) is 148 Å². The summed E-state index contributed by atoms with van der Waals surface area (Å²) in [6.07, 6.45) is 8.99. The summed E-state index contributed by atoms with van der Waals surface area (Å²) in [5.41, 5.74) is 7.00. The van der Waals surface area contributed by atoms with Crippen molar-refractivity contribution in [2.45, 2.75) is 140 Å². The number of hydrogen-bond acceptors (Lipinski definition) is 12. The molecule has 9 rings (SSSR count). The summed E-state index contributed by atoms with van der Waals surface area (Å²) in [5.74, 6) is 0.612. The molecule has 0 amide bonds. The fourth-order valence-corrected chi connectivity index (χ4v) is 10.6. The smallest absolute Gasteiger partial charge is 0.354 e. The van der Waals surface area contributed by atoms with Crippen LogP contribution in [0.2, 0.25) is 0 Å². The van der Waals surface area contributed by atoms with Crippen molar-refractivity contribution in [3.63, 3.8) is 0 Å². The van der Waals surface area contributed by atoms with Crippen molar-refractivity contribution >= 4 is 23.1 Å². The first-order valence-corrected chi connectivity index (χ1v) is 24.9. The Morgan fingerprint density at radius 3 is 1.90 bits per heavy atom. The number of benzene rings is 2. The number of imidazole rings is 1. The number of aromatic nitrogens is 4. The molecule has 16 heteroatoms. The number of carboxylic acids is 2. The zero-order chi connectivity index (χ0) is 50.1. The lowest BCUT2D eigenvalue weighted by Crippen LogP contribution is -2.29. The van der Waals surface area contributed by atoms with Crippen LogP contribution in [0.3, 0.4) is 0 Å². The normalized spacial score (nSPS) is 19.0. The Kier molecular flexibility index (Phi) is 14.9. The number of carboxylic acid groups (broad SMARTS) is 2. The zero-order valence-corrected chi connectivity index (χ0v) is 41.4. The van der Waals surface area contributed by atoms with E-state index in [4.69, 9.17) is 38.5 Å². The van der Waals surface area contributed by atoms with Crippen LogP contribution in [0, 0.1) is 19.8 Å². The van der Waals surface area contributed by atoms with Crippen molar-refractivity contribution in [3.05, 3.63) is 117 Å². The molecule has 0 saturated heterocycles. The van der Waals surface area contributed by atoms with E-state index >= 15 is 0 Å². The van der Waals surface area contributed by atoms with Crippen molar-refractivity contribution in [3.8, 4) is 23.0 Å². The highest BCUT2D eigenvalue weighted by Gasteiger charge is 2.35. The van der Waals surface area contributed by atoms with Crippen molar-refractivity contribution in [2.75, 3.05) is 27.9 Å². The Hall–Kier alpha value is -6.20. The molecule has 0 bridgehead atoms. The van der Waals surface area contributed by atoms with E-state index in [0.717, 1.165) is 67.2 Å². The quantitative estimate of drug-likeness (QED) is 0.0502. The van der Waals surface area contributed by atoms with Crippen LogP contribution in [0.25, 0.3) is 11.2 Å². The zero-order valence-electron chi connectivity index (χ0n) is 41.4. The number of pyridine rings is 2. The second-order valence-electron chi connectivity index (χ2n) is 19.7. The molecular formula is C55H66N4O12. The number of rotatable bonds is 22. The minimum absolute atomic E-state index is 0.0233. The molecule has 6 atom stereocenters. The van der Waals surface area contributed by atoms with Crippen LogP contribution in [-0.2, 0) is 28.7 Å². The van der Waals surface area contributed by atoms with Crippen LogP contribution in [-0.4, -0.2) is 104 Å². The maximum absolute atomic E-state index is 12.3. The number of hydrogen-bond donors (Lipinski definition) is 4. The third kappa shape index (κ3) is 10.9. The summed E-state index contributed by atoms with van der Waals surface area (Å²) in [4.78, 5) is 29.4. The van der Waals surface area contributed by atoms with Gasteiger partial charge in [0.1, 0.15) is 40.8 Å². The van der Waals surface area contributed by atoms with Gasteiger partial charge in [0.25, 0.3) is 0 Å². The molecule has 0 radical (unpaired) electrons. The van der Waals surface area contributed by atoms with Gasteiger partial charge < -0.3 is 53.2 Å². The minimum Gasteiger partial charge on any atom is -0.496 e. The first kappa shape index (κ1) is 49.8. The van der Waals surface area contributed by atoms with Crippen molar-refractivity contribution in [1.82, 2.24) is 19.0 Å². The molecule has 4 heterocycles. The summed E-state index contributed by atoms with van der Waals surface area (Å²) in [7, 11) is 4.73. The van der Waals surface area contributed by atoms with Crippen LogP contribution in [0.1, 0.15) is 148 Å². The number of nitrogens with zero attached hydrogens (tertiary/aromatic N) is 4. The molecule has 4 aromatic heterocycles. The van der Waals surface area contributed by atoms with Gasteiger partial charge in [-0.2, -0.15) is 5.10 Å². The highest BCUT2D eigenvalue weighted by atomic mass is 16.5. The van der Waals surface area contributed by atoms with E-state index in [1.165, 1.54) is 4.52 Å². The van der Waals surface area contributed by atoms with E-state index in [-0.39, 0.29) is 42.2 Å². The Morgan fingerprint density at radius 1 is 0.704 bits per heavy atom. The highest BCUT2D eigenvalue weighted by Crippen LogP contribution is 2.42. The van der Waals surface area contributed by atoms with Crippen molar-refractivity contribution < 1.29 is 58.4 Å². The van der Waals surface area contributed by atoms with Gasteiger partial charge >= 0.3 is 11.9 Å². The molecule has 3 saturated carbocycles. The van der Waals surface area contributed by atoms with Gasteiger partial charge in [0.2, 0.25) is 0 Å². The molecule has 0 aliphatic heterocycles. The van der Waals surface area contributed by atoms with E-state index in [1.807, 2.05) is 51.2 Å². The Balaban J connectivity index is 0.929. The molecule has 378 valence electrons. The van der Waals surface area contributed by atoms with Crippen LogP contribution in [0.4, 0.5) is 0 Å². The lowest BCUT2D eigenvalue weighted by Gasteiger charge is -2.28. The van der Waals surface area contributed by atoms with Gasteiger partial charge in [0.05, 0.1) is 69.3 Å². The fraction of sp³-hybridized carbons (Fsp3) is 0.491. The largest absolute Gasteiger partial charge is 0.496 e. The summed E-state index contributed by atoms with van der Waals surface area (Å²) in [5, 5.41) is 49.3. The molecule has 4 N–H and O–H groups in total. The minimum atomic E-state index is -1.12. The van der Waals surface area contributed by atoms with E-state index in [9.17, 15) is 30.0 Å². The van der Waals surface area contributed by atoms with Crippen LogP contribution in [0.5, 0.6) is 23.0 Å². The van der Waals surface area contributed by atoms with Gasteiger partial charge in [-0.25, -0.2) is 19.1 Å². The second kappa shape index (κ2) is 21.3. The summed E-state index contributed by atoms with van der Waals surface area (Å²) in [6, 6.07) is 14.5. The van der Waals surface area contributed by atoms with Crippen LogP contribution >= 0.6 is 0 Å². The third-order valence-corrected chi connectivity index (χ3v) is 14.7. The van der Waals surface area contributed by atoms with Crippen LogP contribution < -0.4 is 18.9 Å². The van der Waals surface area contributed by atoms with Gasteiger partial charge in [0.15, 0.2) is 11.3 Å². The standard InChI is InChI=1S/C55H66N4O12/c1-7-32-17-43(54(62)63)53-56-39(28-58(53)27-32)26-50(51(60)36-20-45(66-4)30(2)46(21-36)67-5)71-42-15-12-33(16-42)29-69-48-23-37(22-47(68-6)31(48)3)52(61)49(70-41-10-8-9-11-41)25-38-24-40-18-35(34-13-14-34)19-44(55(64)65)59(40)57-38/h17-24,27-28,33-34,41-42,49-52,60-61H,7-16,25-26,29H2,1-6H3,(H,62,63)(H,64,65)/t33?,42?,49-,50-,51+,52+/m0/s1. The molecular weight excluding hydrogens is 909 g/mol. The molecule has 3 aliphatic carbocycles. The SMILES string of the molecule is CCc1cc(C(=O)O)c2nc(C[C@H](OC3CCC(COc4cc([C@@H](O)[C@H](Cc5cc6cc(C7CC7)cc(C(=O)O)n6n5)OC5CCCC5)cc(OC)c4C)C3)[C@H](O)c3cc(OC)c(C)c(OC)c3)cn2c1. The van der Waals surface area contributed by atoms with Gasteiger partial charge in [-0.3, -0.25) is 0 Å². The van der Waals surface area contributed by atoms with E-state index < -0.39 is 36.4 Å². The second-order valence-corrected chi connectivity index (χ2v) is 19.7. The molecule has 6 aromatic rings. The maximum atomic E-state index is 12.3. The summed E-state index contributed by atoms with van der Waals surface area (Å²) < 4.78 is 40.5. The number of ether oxygens (including phenoxy) is 6. The lowest BCUT2D eigenvalue weighted by molar-refractivity contribution is -0.0772. The van der Waals surface area contributed by atoms with Crippen LogP contribution in [0.15, 0.2) is 60.9 Å². The first-order valence-electron chi connectivity index (χ1n) is 24.9. The number of aryl methyl sites for hydroxylation is 1. The number of fused-ring (bicyclic) bond motifs is 2. The predicted molar refractivity (Wildman–Crippen MR) is 264 cm³/mol. The highest BCUT2D eigenvalue weighted by molar-refractivity contribution is 5.94. The Morgan fingerprint density at radius 2 is 1.31 bits per heavy atom. The van der Waals surface area contributed by atoms with E-state index in [2.05, 4.69) is 0 Å². The molecule has 16 nitrogen and oxygen atoms in total. The average Bonchev–Trinajstić information content (AvgIpc) is 3.67. The van der Waals surface area contributed by atoms with E-state index in [0.29, 0.717) is 88.5 Å². The number of carbonyl (C=O) groups is 2. The molecule has 3 aliphatic rings. The number of aromatic carboxylic acids is 2.